The Morgan fingerprint density at radius 1 is 1.33 bits per heavy atom. The molecule has 1 aromatic carbocycles. The summed E-state index contributed by atoms with van der Waals surface area (Å²) in [5.74, 6) is -0.677. The number of nitro groups is 1. The molecule has 8 nitrogen and oxygen atoms in total. The predicted octanol–water partition coefficient (Wildman–Crippen LogP) is 2.75. The third kappa shape index (κ3) is 4.20. The Balaban J connectivity index is 1.64. The molecule has 1 N–H and O–H groups in total. The molecule has 0 aliphatic heterocycles. The zero-order valence-electron chi connectivity index (χ0n) is 14.5. The van der Waals surface area contributed by atoms with Crippen LogP contribution in [0.5, 0.6) is 5.75 Å². The summed E-state index contributed by atoms with van der Waals surface area (Å²) in [5, 5.41) is 13.8. The standard InChI is InChI=1S/C18H17FN4O4/c1-2-27-16-5-3-12(9-15(16)23(25)26)18(24)20-8-7-14-11-22-10-13(19)4-6-17(22)21-14/h3-6,9-11H,2,7-8H2,1H3,(H,20,24). The van der Waals surface area contributed by atoms with Crippen LogP contribution >= 0.6 is 0 Å². The summed E-state index contributed by atoms with van der Waals surface area (Å²) in [7, 11) is 0. The molecule has 0 atom stereocenters. The molecule has 0 aliphatic rings. The van der Waals surface area contributed by atoms with Crippen LogP contribution in [0, 0.1) is 15.9 Å². The molecule has 2 aromatic heterocycles. The van der Waals surface area contributed by atoms with E-state index < -0.39 is 10.8 Å². The highest BCUT2D eigenvalue weighted by Crippen LogP contribution is 2.27. The summed E-state index contributed by atoms with van der Waals surface area (Å²) < 4.78 is 20.0. The van der Waals surface area contributed by atoms with Gasteiger partial charge in [-0.25, -0.2) is 9.37 Å². The van der Waals surface area contributed by atoms with E-state index in [1.807, 2.05) is 0 Å². The number of fused-ring (bicyclic) bond motifs is 1. The first-order valence-electron chi connectivity index (χ1n) is 8.30. The van der Waals surface area contributed by atoms with E-state index in [-0.39, 0.29) is 36.0 Å². The van der Waals surface area contributed by atoms with Gasteiger partial charge in [-0.05, 0) is 31.2 Å². The number of imidazole rings is 1. The lowest BCUT2D eigenvalue weighted by molar-refractivity contribution is -0.385. The number of carbonyl (C=O) groups is 1. The molecule has 3 rings (SSSR count). The summed E-state index contributed by atoms with van der Waals surface area (Å²) in [6.07, 6.45) is 3.45. The first-order valence-corrected chi connectivity index (χ1v) is 8.30. The fourth-order valence-electron chi connectivity index (χ4n) is 2.62. The van der Waals surface area contributed by atoms with Gasteiger partial charge in [0.1, 0.15) is 11.5 Å². The molecule has 0 aliphatic carbocycles. The molecule has 0 fully saturated rings. The summed E-state index contributed by atoms with van der Waals surface area (Å²) in [4.78, 5) is 27.1. The van der Waals surface area contributed by atoms with E-state index in [1.165, 1.54) is 30.5 Å². The Morgan fingerprint density at radius 3 is 2.89 bits per heavy atom. The summed E-state index contributed by atoms with van der Waals surface area (Å²) >= 11 is 0. The molecular formula is C18H17FN4O4. The van der Waals surface area contributed by atoms with Gasteiger partial charge < -0.3 is 14.5 Å². The van der Waals surface area contributed by atoms with E-state index in [1.54, 1.807) is 23.6 Å². The second kappa shape index (κ2) is 7.81. The van der Waals surface area contributed by atoms with Gasteiger partial charge in [-0.1, -0.05) is 0 Å². The van der Waals surface area contributed by atoms with Gasteiger partial charge in [0.2, 0.25) is 0 Å². The minimum atomic E-state index is -0.586. The van der Waals surface area contributed by atoms with Crippen molar-refractivity contribution in [2.75, 3.05) is 13.2 Å². The van der Waals surface area contributed by atoms with E-state index >= 15 is 0 Å². The van der Waals surface area contributed by atoms with E-state index in [4.69, 9.17) is 4.74 Å². The molecule has 3 aromatic rings. The second-order valence-electron chi connectivity index (χ2n) is 5.72. The van der Waals surface area contributed by atoms with Crippen molar-refractivity contribution in [2.24, 2.45) is 0 Å². The molecule has 0 radical (unpaired) electrons. The number of ether oxygens (including phenoxy) is 1. The Morgan fingerprint density at radius 2 is 2.15 bits per heavy atom. The Hall–Kier alpha value is -3.49. The first kappa shape index (κ1) is 18.3. The molecule has 140 valence electrons. The molecule has 0 unspecified atom stereocenters. The number of aromatic nitrogens is 2. The number of nitro benzene ring substituents is 1. The quantitative estimate of drug-likeness (QED) is 0.508. The number of hydrogen-bond donors (Lipinski definition) is 1. The van der Waals surface area contributed by atoms with Gasteiger partial charge >= 0.3 is 5.69 Å². The van der Waals surface area contributed by atoms with Crippen molar-refractivity contribution < 1.29 is 18.8 Å². The number of hydrogen-bond acceptors (Lipinski definition) is 5. The number of nitrogens with one attached hydrogen (secondary N) is 1. The zero-order valence-corrected chi connectivity index (χ0v) is 14.5. The lowest BCUT2D eigenvalue weighted by Gasteiger charge is -2.07. The van der Waals surface area contributed by atoms with Crippen molar-refractivity contribution in [2.45, 2.75) is 13.3 Å². The number of pyridine rings is 1. The van der Waals surface area contributed by atoms with Crippen LogP contribution in [0.1, 0.15) is 23.0 Å². The van der Waals surface area contributed by atoms with Gasteiger partial charge in [0.25, 0.3) is 5.91 Å². The fraction of sp³-hybridized carbons (Fsp3) is 0.222. The van der Waals surface area contributed by atoms with E-state index in [9.17, 15) is 19.3 Å². The number of nitrogens with zero attached hydrogens (tertiary/aromatic N) is 3. The first-order chi connectivity index (χ1) is 13.0. The minimum Gasteiger partial charge on any atom is -0.487 e. The number of halogens is 1. The third-order valence-electron chi connectivity index (χ3n) is 3.85. The van der Waals surface area contributed by atoms with Crippen LogP contribution in [0.2, 0.25) is 0 Å². The molecule has 27 heavy (non-hydrogen) atoms. The zero-order chi connectivity index (χ0) is 19.4. The summed E-state index contributed by atoms with van der Waals surface area (Å²) in [6, 6.07) is 6.96. The largest absolute Gasteiger partial charge is 0.487 e. The molecule has 0 bridgehead atoms. The van der Waals surface area contributed by atoms with Crippen molar-refractivity contribution in [3.63, 3.8) is 0 Å². The average molecular weight is 372 g/mol. The minimum absolute atomic E-state index is 0.121. The van der Waals surface area contributed by atoms with Crippen LogP contribution in [-0.2, 0) is 6.42 Å². The van der Waals surface area contributed by atoms with Gasteiger partial charge in [-0.3, -0.25) is 14.9 Å². The average Bonchev–Trinajstić information content (AvgIpc) is 3.03. The molecular weight excluding hydrogens is 355 g/mol. The highest BCUT2D eigenvalue weighted by molar-refractivity contribution is 5.95. The highest BCUT2D eigenvalue weighted by Gasteiger charge is 2.18. The van der Waals surface area contributed by atoms with Crippen molar-refractivity contribution in [3.05, 3.63) is 69.9 Å². The number of benzene rings is 1. The summed E-state index contributed by atoms with van der Waals surface area (Å²) in [6.45, 7) is 2.29. The lowest BCUT2D eigenvalue weighted by atomic mass is 10.1. The topological polar surface area (TPSA) is 98.8 Å². The van der Waals surface area contributed by atoms with Crippen molar-refractivity contribution in [1.29, 1.82) is 0 Å². The normalized spacial score (nSPS) is 10.7. The Kier molecular flexibility index (Phi) is 5.30. The van der Waals surface area contributed by atoms with Crippen LogP contribution < -0.4 is 10.1 Å². The summed E-state index contributed by atoms with van der Waals surface area (Å²) in [5.41, 5.74) is 1.22. The van der Waals surface area contributed by atoms with Crippen LogP contribution in [-0.4, -0.2) is 33.4 Å². The molecule has 1 amide bonds. The van der Waals surface area contributed by atoms with Crippen LogP contribution in [0.25, 0.3) is 5.65 Å². The van der Waals surface area contributed by atoms with Crippen molar-refractivity contribution >= 4 is 17.2 Å². The van der Waals surface area contributed by atoms with Gasteiger partial charge in [-0.15, -0.1) is 0 Å². The number of carbonyl (C=O) groups excluding carboxylic acids is 1. The molecule has 9 heteroatoms. The highest BCUT2D eigenvalue weighted by atomic mass is 19.1. The number of amides is 1. The predicted molar refractivity (Wildman–Crippen MR) is 95.5 cm³/mol. The Bertz CT molecular complexity index is 1000. The molecule has 0 saturated heterocycles. The maximum absolute atomic E-state index is 13.2. The van der Waals surface area contributed by atoms with Gasteiger partial charge in [-0.2, -0.15) is 0 Å². The maximum Gasteiger partial charge on any atom is 0.311 e. The van der Waals surface area contributed by atoms with Crippen LogP contribution in [0.3, 0.4) is 0 Å². The van der Waals surface area contributed by atoms with Crippen LogP contribution in [0.4, 0.5) is 10.1 Å². The van der Waals surface area contributed by atoms with Gasteiger partial charge in [0, 0.05) is 37.0 Å². The molecule has 2 heterocycles. The van der Waals surface area contributed by atoms with Crippen LogP contribution in [0.15, 0.2) is 42.7 Å². The second-order valence-corrected chi connectivity index (χ2v) is 5.72. The maximum atomic E-state index is 13.2. The van der Waals surface area contributed by atoms with Gasteiger partial charge in [0.05, 0.1) is 17.2 Å². The van der Waals surface area contributed by atoms with Crippen molar-refractivity contribution in [3.8, 4) is 5.75 Å². The monoisotopic (exact) mass is 372 g/mol. The smallest absolute Gasteiger partial charge is 0.311 e. The molecule has 0 saturated carbocycles. The van der Waals surface area contributed by atoms with Crippen molar-refractivity contribution in [1.82, 2.24) is 14.7 Å². The van der Waals surface area contributed by atoms with E-state index in [0.29, 0.717) is 17.8 Å². The fourth-order valence-corrected chi connectivity index (χ4v) is 2.62. The van der Waals surface area contributed by atoms with E-state index in [2.05, 4.69) is 10.3 Å². The van der Waals surface area contributed by atoms with E-state index in [0.717, 1.165) is 0 Å². The third-order valence-corrected chi connectivity index (χ3v) is 3.85. The Labute approximate surface area is 153 Å². The number of rotatable bonds is 7. The lowest BCUT2D eigenvalue weighted by Crippen LogP contribution is -2.25. The molecule has 0 spiro atoms. The van der Waals surface area contributed by atoms with Gasteiger partial charge in [0.15, 0.2) is 5.75 Å². The SMILES string of the molecule is CCOc1ccc(C(=O)NCCc2cn3cc(F)ccc3n2)cc1[N+](=O)[O-].